The molecule has 1 fully saturated rings. The summed E-state index contributed by atoms with van der Waals surface area (Å²) in [5.41, 5.74) is 1.66. The number of nitrogens with zero attached hydrogens (tertiary/aromatic N) is 3. The van der Waals surface area contributed by atoms with E-state index in [9.17, 15) is 4.79 Å². The van der Waals surface area contributed by atoms with Gasteiger partial charge in [0, 0.05) is 26.2 Å². The SMILES string of the molecule is CCc1cc(C(=O)N(CC)CC2CCCN2)n(C)n1. The fourth-order valence-corrected chi connectivity index (χ4v) is 2.60. The molecule has 5 heteroatoms. The molecule has 106 valence electrons. The lowest BCUT2D eigenvalue weighted by molar-refractivity contribution is 0.0740. The Morgan fingerprint density at radius 3 is 2.89 bits per heavy atom. The minimum absolute atomic E-state index is 0.0888. The molecule has 2 heterocycles. The molecule has 1 amide bonds. The maximum absolute atomic E-state index is 12.6. The number of amides is 1. The Labute approximate surface area is 115 Å². The Bertz CT molecular complexity index is 435. The van der Waals surface area contributed by atoms with E-state index < -0.39 is 0 Å². The number of aromatic nitrogens is 2. The van der Waals surface area contributed by atoms with Crippen LogP contribution in [-0.4, -0.2) is 46.3 Å². The highest BCUT2D eigenvalue weighted by atomic mass is 16.2. The van der Waals surface area contributed by atoms with Gasteiger partial charge in [0.15, 0.2) is 0 Å². The van der Waals surface area contributed by atoms with Gasteiger partial charge >= 0.3 is 0 Å². The normalized spacial score (nSPS) is 18.8. The maximum Gasteiger partial charge on any atom is 0.272 e. The average molecular weight is 264 g/mol. The molecule has 2 rings (SSSR count). The molecule has 1 aromatic rings. The molecule has 1 aromatic heterocycles. The van der Waals surface area contributed by atoms with E-state index >= 15 is 0 Å². The number of hydrogen-bond acceptors (Lipinski definition) is 3. The summed E-state index contributed by atoms with van der Waals surface area (Å²) in [6.45, 7) is 6.69. The van der Waals surface area contributed by atoms with Gasteiger partial charge in [-0.2, -0.15) is 5.10 Å². The number of carbonyl (C=O) groups is 1. The van der Waals surface area contributed by atoms with Crippen molar-refractivity contribution in [1.82, 2.24) is 20.0 Å². The van der Waals surface area contributed by atoms with Crippen LogP contribution in [0.1, 0.15) is 42.9 Å². The van der Waals surface area contributed by atoms with Crippen LogP contribution >= 0.6 is 0 Å². The van der Waals surface area contributed by atoms with Crippen LogP contribution in [-0.2, 0) is 13.5 Å². The average Bonchev–Trinajstić information content (AvgIpc) is 3.04. The molecular weight excluding hydrogens is 240 g/mol. The second-order valence-corrected chi connectivity index (χ2v) is 5.14. The van der Waals surface area contributed by atoms with E-state index in [1.807, 2.05) is 24.9 Å². The van der Waals surface area contributed by atoms with Gasteiger partial charge in [-0.1, -0.05) is 6.92 Å². The molecule has 1 aliphatic rings. The van der Waals surface area contributed by atoms with E-state index in [0.717, 1.165) is 38.2 Å². The van der Waals surface area contributed by atoms with Gasteiger partial charge in [-0.15, -0.1) is 0 Å². The van der Waals surface area contributed by atoms with Crippen LogP contribution < -0.4 is 5.32 Å². The van der Waals surface area contributed by atoms with Crippen molar-refractivity contribution in [2.45, 2.75) is 39.2 Å². The first-order chi connectivity index (χ1) is 9.15. The largest absolute Gasteiger partial charge is 0.336 e. The van der Waals surface area contributed by atoms with Crippen LogP contribution in [0.25, 0.3) is 0 Å². The summed E-state index contributed by atoms with van der Waals surface area (Å²) in [5.74, 6) is 0.0888. The van der Waals surface area contributed by atoms with E-state index in [2.05, 4.69) is 17.3 Å². The van der Waals surface area contributed by atoms with Gasteiger partial charge in [0.2, 0.25) is 0 Å². The van der Waals surface area contributed by atoms with Crippen LogP contribution in [0.15, 0.2) is 6.07 Å². The Balaban J connectivity index is 2.08. The van der Waals surface area contributed by atoms with Crippen LogP contribution in [0.4, 0.5) is 0 Å². The van der Waals surface area contributed by atoms with E-state index in [1.165, 1.54) is 6.42 Å². The molecule has 0 spiro atoms. The summed E-state index contributed by atoms with van der Waals surface area (Å²) < 4.78 is 1.70. The standard InChI is InChI=1S/C14H24N4O/c1-4-11-9-13(17(3)16-11)14(19)18(5-2)10-12-7-6-8-15-12/h9,12,15H,4-8,10H2,1-3H3. The van der Waals surface area contributed by atoms with E-state index in [4.69, 9.17) is 0 Å². The maximum atomic E-state index is 12.6. The molecule has 0 bridgehead atoms. The lowest BCUT2D eigenvalue weighted by Gasteiger charge is -2.24. The second-order valence-electron chi connectivity index (χ2n) is 5.14. The molecule has 5 nitrogen and oxygen atoms in total. The highest BCUT2D eigenvalue weighted by Gasteiger charge is 2.23. The molecule has 1 saturated heterocycles. The highest BCUT2D eigenvalue weighted by Crippen LogP contribution is 2.11. The zero-order chi connectivity index (χ0) is 13.8. The van der Waals surface area contributed by atoms with Gasteiger partial charge < -0.3 is 10.2 Å². The smallest absolute Gasteiger partial charge is 0.272 e. The van der Waals surface area contributed by atoms with Crippen LogP contribution in [0, 0.1) is 0 Å². The number of rotatable bonds is 5. The summed E-state index contributed by atoms with van der Waals surface area (Å²) >= 11 is 0. The lowest BCUT2D eigenvalue weighted by Crippen LogP contribution is -2.41. The predicted molar refractivity (Wildman–Crippen MR) is 75.2 cm³/mol. The molecule has 1 unspecified atom stereocenters. The van der Waals surface area contributed by atoms with Crippen molar-refractivity contribution >= 4 is 5.91 Å². The first kappa shape index (κ1) is 14.1. The van der Waals surface area contributed by atoms with E-state index in [0.29, 0.717) is 11.7 Å². The first-order valence-corrected chi connectivity index (χ1v) is 7.21. The zero-order valence-corrected chi connectivity index (χ0v) is 12.1. The Morgan fingerprint density at radius 2 is 2.37 bits per heavy atom. The molecular formula is C14H24N4O. The minimum Gasteiger partial charge on any atom is -0.336 e. The van der Waals surface area contributed by atoms with Gasteiger partial charge in [0.1, 0.15) is 5.69 Å². The fourth-order valence-electron chi connectivity index (χ4n) is 2.60. The van der Waals surface area contributed by atoms with Crippen molar-refractivity contribution in [3.8, 4) is 0 Å². The Hall–Kier alpha value is -1.36. The number of aryl methyl sites for hydroxylation is 2. The van der Waals surface area contributed by atoms with E-state index in [1.54, 1.807) is 4.68 Å². The third-order valence-electron chi connectivity index (χ3n) is 3.78. The third kappa shape index (κ3) is 3.15. The zero-order valence-electron chi connectivity index (χ0n) is 12.1. The quantitative estimate of drug-likeness (QED) is 0.869. The van der Waals surface area contributed by atoms with Crippen molar-refractivity contribution in [2.75, 3.05) is 19.6 Å². The monoisotopic (exact) mass is 264 g/mol. The van der Waals surface area contributed by atoms with E-state index in [-0.39, 0.29) is 5.91 Å². The van der Waals surface area contributed by atoms with Crippen molar-refractivity contribution in [3.63, 3.8) is 0 Å². The molecule has 1 atom stereocenters. The summed E-state index contributed by atoms with van der Waals surface area (Å²) in [5, 5.41) is 7.79. The van der Waals surface area contributed by atoms with Crippen molar-refractivity contribution in [3.05, 3.63) is 17.5 Å². The second kappa shape index (κ2) is 6.19. The molecule has 0 radical (unpaired) electrons. The minimum atomic E-state index is 0.0888. The van der Waals surface area contributed by atoms with Crippen LogP contribution in [0.2, 0.25) is 0 Å². The molecule has 0 saturated carbocycles. The van der Waals surface area contributed by atoms with Gasteiger partial charge in [-0.05, 0) is 38.8 Å². The summed E-state index contributed by atoms with van der Waals surface area (Å²) in [4.78, 5) is 14.5. The first-order valence-electron chi connectivity index (χ1n) is 7.21. The number of likely N-dealkylation sites (N-methyl/N-ethyl adjacent to an activating group) is 1. The molecule has 19 heavy (non-hydrogen) atoms. The summed E-state index contributed by atoms with van der Waals surface area (Å²) in [6, 6.07) is 2.36. The van der Waals surface area contributed by atoms with Crippen LogP contribution in [0.3, 0.4) is 0 Å². The fraction of sp³-hybridized carbons (Fsp3) is 0.714. The van der Waals surface area contributed by atoms with Crippen molar-refractivity contribution < 1.29 is 4.79 Å². The Kier molecular flexibility index (Phi) is 4.58. The number of nitrogens with one attached hydrogen (secondary N) is 1. The van der Waals surface area contributed by atoms with Gasteiger partial charge in [-0.3, -0.25) is 9.48 Å². The third-order valence-corrected chi connectivity index (χ3v) is 3.78. The van der Waals surface area contributed by atoms with Crippen molar-refractivity contribution in [1.29, 1.82) is 0 Å². The van der Waals surface area contributed by atoms with Crippen LogP contribution in [0.5, 0.6) is 0 Å². The molecule has 0 aliphatic carbocycles. The number of carbonyl (C=O) groups excluding carboxylic acids is 1. The Morgan fingerprint density at radius 1 is 1.58 bits per heavy atom. The molecule has 1 N–H and O–H groups in total. The summed E-state index contributed by atoms with van der Waals surface area (Å²) in [7, 11) is 1.84. The molecule has 1 aliphatic heterocycles. The van der Waals surface area contributed by atoms with Gasteiger partial charge in [-0.25, -0.2) is 0 Å². The highest BCUT2D eigenvalue weighted by molar-refractivity contribution is 5.92. The predicted octanol–water partition coefficient (Wildman–Crippen LogP) is 1.20. The lowest BCUT2D eigenvalue weighted by atomic mass is 10.2. The van der Waals surface area contributed by atoms with Crippen molar-refractivity contribution in [2.24, 2.45) is 7.05 Å². The number of hydrogen-bond donors (Lipinski definition) is 1. The van der Waals surface area contributed by atoms with Gasteiger partial charge in [0.05, 0.1) is 5.69 Å². The topological polar surface area (TPSA) is 50.2 Å². The molecule has 0 aromatic carbocycles. The summed E-state index contributed by atoms with van der Waals surface area (Å²) in [6.07, 6.45) is 3.23. The van der Waals surface area contributed by atoms with Gasteiger partial charge in [0.25, 0.3) is 5.91 Å².